The number of nitrogens with zero attached hydrogens (tertiary/aromatic N) is 1. The molecule has 0 aliphatic carbocycles. The highest BCUT2D eigenvalue weighted by atomic mass is 19.1. The Morgan fingerprint density at radius 1 is 1.13 bits per heavy atom. The number of carboxylic acid groups (broad SMARTS) is 1. The predicted molar refractivity (Wildman–Crippen MR) is 116 cm³/mol. The first kappa shape index (κ1) is 22.4. The van der Waals surface area contributed by atoms with Crippen LogP contribution in [0.4, 0.5) is 10.1 Å². The summed E-state index contributed by atoms with van der Waals surface area (Å²) in [5, 5.41) is 19.9. The molecule has 0 radical (unpaired) electrons. The van der Waals surface area contributed by atoms with Crippen LogP contribution >= 0.6 is 0 Å². The molecule has 1 aliphatic rings. The highest BCUT2D eigenvalue weighted by molar-refractivity contribution is 5.96. The molecule has 1 aliphatic heterocycles. The predicted octanol–water partition coefficient (Wildman–Crippen LogP) is 3.37. The van der Waals surface area contributed by atoms with E-state index in [0.717, 1.165) is 19.3 Å². The minimum absolute atomic E-state index is 0.0196. The average molecular weight is 426 g/mol. The maximum absolute atomic E-state index is 13.2. The first-order valence-corrected chi connectivity index (χ1v) is 10.3. The standard InChI is InChI=1S/C23H27FN4O3/c24-18-6-2-16(3-7-18)21(23(30)31)28-13-11-15(12-14-28)1-10-20(29)27-19-8-4-17(5-9-19)22(25)26/h2-9,15,21H,1,10-14H2,(H3,25,26)(H,27,29)(H,30,31). The summed E-state index contributed by atoms with van der Waals surface area (Å²) in [6.45, 7) is 1.24. The molecule has 5 N–H and O–H groups in total. The molecule has 0 bridgehead atoms. The fourth-order valence-electron chi connectivity index (χ4n) is 3.95. The third-order valence-electron chi connectivity index (χ3n) is 5.69. The molecule has 2 aromatic rings. The second-order valence-electron chi connectivity index (χ2n) is 7.85. The zero-order valence-corrected chi connectivity index (χ0v) is 17.2. The number of nitrogens with one attached hydrogen (secondary N) is 2. The lowest BCUT2D eigenvalue weighted by Crippen LogP contribution is -2.40. The van der Waals surface area contributed by atoms with Gasteiger partial charge in [0, 0.05) is 17.7 Å². The highest BCUT2D eigenvalue weighted by Gasteiger charge is 2.31. The van der Waals surface area contributed by atoms with Crippen molar-refractivity contribution in [3.8, 4) is 0 Å². The maximum Gasteiger partial charge on any atom is 0.325 e. The molecule has 31 heavy (non-hydrogen) atoms. The van der Waals surface area contributed by atoms with Crippen LogP contribution in [0.2, 0.25) is 0 Å². The van der Waals surface area contributed by atoms with Crippen LogP contribution in [0, 0.1) is 17.1 Å². The van der Waals surface area contributed by atoms with Gasteiger partial charge < -0.3 is 16.2 Å². The molecule has 3 rings (SSSR count). The van der Waals surface area contributed by atoms with Crippen molar-refractivity contribution in [1.29, 1.82) is 5.41 Å². The third-order valence-corrected chi connectivity index (χ3v) is 5.69. The number of carboxylic acids is 1. The fraction of sp³-hybridized carbons (Fsp3) is 0.348. The molecule has 7 nitrogen and oxygen atoms in total. The third kappa shape index (κ3) is 6.11. The molecule has 1 saturated heterocycles. The Hall–Kier alpha value is -3.26. The van der Waals surface area contributed by atoms with E-state index < -0.39 is 12.0 Å². The number of nitrogens with two attached hydrogens (primary N) is 1. The van der Waals surface area contributed by atoms with Crippen molar-refractivity contribution in [2.75, 3.05) is 18.4 Å². The van der Waals surface area contributed by atoms with E-state index in [9.17, 15) is 19.1 Å². The largest absolute Gasteiger partial charge is 0.480 e. The van der Waals surface area contributed by atoms with E-state index >= 15 is 0 Å². The second-order valence-corrected chi connectivity index (χ2v) is 7.85. The van der Waals surface area contributed by atoms with Crippen LogP contribution in [0.1, 0.15) is 42.9 Å². The molecule has 1 atom stereocenters. The average Bonchev–Trinajstić information content (AvgIpc) is 2.75. The van der Waals surface area contributed by atoms with E-state index in [1.807, 2.05) is 4.90 Å². The Morgan fingerprint density at radius 3 is 2.29 bits per heavy atom. The molecule has 1 amide bonds. The highest BCUT2D eigenvalue weighted by Crippen LogP contribution is 2.29. The van der Waals surface area contributed by atoms with Crippen molar-refractivity contribution in [1.82, 2.24) is 4.90 Å². The molecule has 1 fully saturated rings. The number of likely N-dealkylation sites (tertiary alicyclic amines) is 1. The number of amidine groups is 1. The van der Waals surface area contributed by atoms with Crippen molar-refractivity contribution >= 4 is 23.4 Å². The van der Waals surface area contributed by atoms with Crippen molar-refractivity contribution in [2.24, 2.45) is 11.7 Å². The molecule has 0 saturated carbocycles. The topological polar surface area (TPSA) is 120 Å². The summed E-state index contributed by atoms with van der Waals surface area (Å²) in [6.07, 6.45) is 2.75. The quantitative estimate of drug-likeness (QED) is 0.381. The molecule has 8 heteroatoms. The molecule has 2 aromatic carbocycles. The van der Waals surface area contributed by atoms with Gasteiger partial charge in [0.15, 0.2) is 0 Å². The fourth-order valence-corrected chi connectivity index (χ4v) is 3.95. The van der Waals surface area contributed by atoms with E-state index in [2.05, 4.69) is 5.32 Å². The smallest absolute Gasteiger partial charge is 0.325 e. The summed E-state index contributed by atoms with van der Waals surface area (Å²) in [7, 11) is 0. The summed E-state index contributed by atoms with van der Waals surface area (Å²) in [4.78, 5) is 26.0. The number of piperidine rings is 1. The number of carbonyl (C=O) groups excluding carboxylic acids is 1. The molecular formula is C23H27FN4O3. The Balaban J connectivity index is 1.47. The van der Waals surface area contributed by atoms with Crippen molar-refractivity contribution in [3.05, 3.63) is 65.5 Å². The summed E-state index contributed by atoms with van der Waals surface area (Å²) < 4.78 is 13.2. The molecule has 164 valence electrons. The number of hydrogen-bond donors (Lipinski definition) is 4. The lowest BCUT2D eigenvalue weighted by molar-refractivity contribution is -0.144. The summed E-state index contributed by atoms with van der Waals surface area (Å²) in [5.41, 5.74) is 7.26. The van der Waals surface area contributed by atoms with Gasteiger partial charge in [0.05, 0.1) is 0 Å². The number of amides is 1. The number of rotatable bonds is 8. The van der Waals surface area contributed by atoms with Gasteiger partial charge in [-0.25, -0.2) is 4.39 Å². The Labute approximate surface area is 180 Å². The number of aliphatic carboxylic acids is 1. The van der Waals surface area contributed by atoms with Gasteiger partial charge in [-0.3, -0.25) is 19.9 Å². The lowest BCUT2D eigenvalue weighted by atomic mass is 9.90. The van der Waals surface area contributed by atoms with Gasteiger partial charge in [0.2, 0.25) is 5.91 Å². The first-order chi connectivity index (χ1) is 14.8. The lowest BCUT2D eigenvalue weighted by Gasteiger charge is -2.35. The number of carbonyl (C=O) groups is 2. The second kappa shape index (κ2) is 10.2. The van der Waals surface area contributed by atoms with E-state index in [1.54, 1.807) is 24.3 Å². The number of hydrogen-bond acceptors (Lipinski definition) is 4. The van der Waals surface area contributed by atoms with Crippen LogP contribution < -0.4 is 11.1 Å². The van der Waals surface area contributed by atoms with Crippen LogP contribution in [0.5, 0.6) is 0 Å². The van der Waals surface area contributed by atoms with Gasteiger partial charge in [-0.2, -0.15) is 0 Å². The zero-order chi connectivity index (χ0) is 22.4. The summed E-state index contributed by atoms with van der Waals surface area (Å²) in [6, 6.07) is 11.6. The molecule has 1 heterocycles. The van der Waals surface area contributed by atoms with Crippen molar-refractivity contribution in [2.45, 2.75) is 31.7 Å². The number of nitrogen functional groups attached to an aromatic ring is 1. The molecule has 0 spiro atoms. The zero-order valence-electron chi connectivity index (χ0n) is 17.2. The van der Waals surface area contributed by atoms with Gasteiger partial charge in [0.25, 0.3) is 0 Å². The van der Waals surface area contributed by atoms with Gasteiger partial charge >= 0.3 is 5.97 Å². The van der Waals surface area contributed by atoms with Crippen molar-refractivity contribution in [3.63, 3.8) is 0 Å². The first-order valence-electron chi connectivity index (χ1n) is 10.3. The van der Waals surface area contributed by atoms with E-state index in [1.165, 1.54) is 24.3 Å². The Kier molecular flexibility index (Phi) is 7.36. The molecule has 1 unspecified atom stereocenters. The van der Waals surface area contributed by atoms with E-state index in [0.29, 0.717) is 42.2 Å². The van der Waals surface area contributed by atoms with Gasteiger partial charge in [-0.1, -0.05) is 12.1 Å². The van der Waals surface area contributed by atoms with Crippen LogP contribution in [0.3, 0.4) is 0 Å². The van der Waals surface area contributed by atoms with Crippen molar-refractivity contribution < 1.29 is 19.1 Å². The maximum atomic E-state index is 13.2. The number of benzene rings is 2. The normalized spacial score (nSPS) is 15.9. The summed E-state index contributed by atoms with van der Waals surface area (Å²) in [5.74, 6) is -1.08. The summed E-state index contributed by atoms with van der Waals surface area (Å²) >= 11 is 0. The van der Waals surface area contributed by atoms with E-state index in [4.69, 9.17) is 11.1 Å². The van der Waals surface area contributed by atoms with Crippen LogP contribution in [-0.2, 0) is 9.59 Å². The van der Waals surface area contributed by atoms with Crippen LogP contribution in [0.25, 0.3) is 0 Å². The van der Waals surface area contributed by atoms with Gasteiger partial charge in [-0.15, -0.1) is 0 Å². The minimum Gasteiger partial charge on any atom is -0.480 e. The van der Waals surface area contributed by atoms with Gasteiger partial charge in [-0.05, 0) is 80.2 Å². The molecule has 0 aromatic heterocycles. The number of anilines is 1. The van der Waals surface area contributed by atoms with Crippen LogP contribution in [0.15, 0.2) is 48.5 Å². The Morgan fingerprint density at radius 2 is 1.74 bits per heavy atom. The molecular weight excluding hydrogens is 399 g/mol. The SMILES string of the molecule is N=C(N)c1ccc(NC(=O)CCC2CCN(C(C(=O)O)c3ccc(F)cc3)CC2)cc1. The van der Waals surface area contributed by atoms with Gasteiger partial charge in [0.1, 0.15) is 17.7 Å². The number of halogens is 1. The monoisotopic (exact) mass is 426 g/mol. The van der Waals surface area contributed by atoms with E-state index in [-0.39, 0.29) is 17.6 Å². The Bertz CT molecular complexity index is 923. The minimum atomic E-state index is -0.944. The van der Waals surface area contributed by atoms with Crippen LogP contribution in [-0.4, -0.2) is 40.8 Å².